The van der Waals surface area contributed by atoms with Crippen molar-refractivity contribution in [2.45, 2.75) is 6.54 Å². The summed E-state index contributed by atoms with van der Waals surface area (Å²) in [6.45, 7) is 0.908. The second-order valence-electron chi connectivity index (χ2n) is 4.70. The number of nitro groups is 1. The maximum absolute atomic E-state index is 10.7. The van der Waals surface area contributed by atoms with E-state index in [0.717, 1.165) is 11.0 Å². The van der Waals surface area contributed by atoms with Gasteiger partial charge < -0.3 is 0 Å². The standard InChI is InChI=1S/C15H16N2O2Se/c1-16(2)11-12-5-3-4-6-15(12)20-14-9-7-13(8-10-14)17(18)19/h3-10H,11H2,1-2H3. The van der Waals surface area contributed by atoms with E-state index in [1.165, 1.54) is 10.0 Å². The molecule has 0 bridgehead atoms. The van der Waals surface area contributed by atoms with E-state index < -0.39 is 0 Å². The van der Waals surface area contributed by atoms with Gasteiger partial charge in [-0.3, -0.25) is 0 Å². The van der Waals surface area contributed by atoms with E-state index in [1.807, 2.05) is 24.3 Å². The second kappa shape index (κ2) is 6.66. The van der Waals surface area contributed by atoms with Crippen LogP contribution in [0.25, 0.3) is 0 Å². The normalized spacial score (nSPS) is 10.8. The fourth-order valence-corrected chi connectivity index (χ4v) is 3.80. The zero-order chi connectivity index (χ0) is 14.5. The van der Waals surface area contributed by atoms with Gasteiger partial charge in [0.15, 0.2) is 0 Å². The summed E-state index contributed by atoms with van der Waals surface area (Å²) in [4.78, 5) is 12.4. The first kappa shape index (κ1) is 14.7. The van der Waals surface area contributed by atoms with Gasteiger partial charge in [-0.25, -0.2) is 0 Å². The van der Waals surface area contributed by atoms with E-state index in [4.69, 9.17) is 0 Å². The number of hydrogen-bond donors (Lipinski definition) is 0. The minimum atomic E-state index is -0.364. The number of nitrogens with zero attached hydrogens (tertiary/aromatic N) is 2. The molecule has 0 aliphatic heterocycles. The molecule has 0 aliphatic rings. The first-order valence-electron chi connectivity index (χ1n) is 6.21. The molecule has 104 valence electrons. The van der Waals surface area contributed by atoms with Crippen LogP contribution in [-0.2, 0) is 6.54 Å². The van der Waals surface area contributed by atoms with Crippen molar-refractivity contribution >= 4 is 29.6 Å². The molecule has 0 saturated heterocycles. The summed E-state index contributed by atoms with van der Waals surface area (Å²) in [6, 6.07) is 15.2. The van der Waals surface area contributed by atoms with Crippen LogP contribution in [-0.4, -0.2) is 38.9 Å². The molecule has 0 amide bonds. The van der Waals surface area contributed by atoms with Gasteiger partial charge in [-0.1, -0.05) is 0 Å². The molecule has 2 aromatic rings. The molecule has 2 rings (SSSR count). The molecule has 0 aliphatic carbocycles. The summed E-state index contributed by atoms with van der Waals surface area (Å²) < 4.78 is 2.47. The fourth-order valence-electron chi connectivity index (χ4n) is 1.84. The van der Waals surface area contributed by atoms with Crippen molar-refractivity contribution in [3.8, 4) is 0 Å². The van der Waals surface area contributed by atoms with Gasteiger partial charge in [0.25, 0.3) is 0 Å². The average molecular weight is 335 g/mol. The van der Waals surface area contributed by atoms with Gasteiger partial charge in [0.05, 0.1) is 0 Å². The van der Waals surface area contributed by atoms with Crippen molar-refractivity contribution in [3.63, 3.8) is 0 Å². The second-order valence-corrected chi connectivity index (χ2v) is 7.04. The summed E-state index contributed by atoms with van der Waals surface area (Å²) in [7, 11) is 4.10. The summed E-state index contributed by atoms with van der Waals surface area (Å²) in [6.07, 6.45) is 0. The first-order valence-corrected chi connectivity index (χ1v) is 7.92. The van der Waals surface area contributed by atoms with Crippen LogP contribution in [0.15, 0.2) is 48.5 Å². The van der Waals surface area contributed by atoms with Crippen molar-refractivity contribution in [2.24, 2.45) is 0 Å². The molecule has 4 nitrogen and oxygen atoms in total. The summed E-state index contributed by atoms with van der Waals surface area (Å²) in [5.41, 5.74) is 1.46. The van der Waals surface area contributed by atoms with E-state index >= 15 is 0 Å². The van der Waals surface area contributed by atoms with Crippen molar-refractivity contribution in [3.05, 3.63) is 64.2 Å². The number of non-ortho nitro benzene ring substituents is 1. The van der Waals surface area contributed by atoms with Crippen molar-refractivity contribution in [1.29, 1.82) is 0 Å². The van der Waals surface area contributed by atoms with E-state index in [0.29, 0.717) is 0 Å². The quantitative estimate of drug-likeness (QED) is 0.470. The Labute approximate surface area is 124 Å². The summed E-state index contributed by atoms with van der Waals surface area (Å²) >= 11 is 0.168. The number of nitro benzene ring substituents is 1. The topological polar surface area (TPSA) is 46.4 Å². The van der Waals surface area contributed by atoms with Crippen LogP contribution in [0, 0.1) is 10.1 Å². The SMILES string of the molecule is CN(C)Cc1ccccc1[Se]c1ccc([N+](=O)[O-])cc1. The van der Waals surface area contributed by atoms with Gasteiger partial charge in [-0.2, -0.15) is 0 Å². The molecule has 0 radical (unpaired) electrons. The van der Waals surface area contributed by atoms with Gasteiger partial charge in [-0.05, 0) is 0 Å². The molecule has 20 heavy (non-hydrogen) atoms. The fraction of sp³-hybridized carbons (Fsp3) is 0.200. The van der Waals surface area contributed by atoms with E-state index in [-0.39, 0.29) is 25.6 Å². The third-order valence-electron chi connectivity index (χ3n) is 2.73. The number of benzene rings is 2. The van der Waals surface area contributed by atoms with E-state index in [9.17, 15) is 10.1 Å². The predicted molar refractivity (Wildman–Crippen MR) is 82.0 cm³/mol. The van der Waals surface area contributed by atoms with Crippen LogP contribution in [0.4, 0.5) is 5.69 Å². The Bertz CT molecular complexity index is 597. The van der Waals surface area contributed by atoms with Gasteiger partial charge in [0.1, 0.15) is 0 Å². The average Bonchev–Trinajstić information content (AvgIpc) is 2.41. The molecule has 0 unspecified atom stereocenters. The Hall–Kier alpha value is -1.68. The van der Waals surface area contributed by atoms with Crippen molar-refractivity contribution < 1.29 is 4.92 Å². The third kappa shape index (κ3) is 3.90. The Morgan fingerprint density at radius 1 is 1.10 bits per heavy atom. The first-order chi connectivity index (χ1) is 9.56. The van der Waals surface area contributed by atoms with Crippen LogP contribution >= 0.6 is 0 Å². The van der Waals surface area contributed by atoms with Crippen LogP contribution in [0.1, 0.15) is 5.56 Å². The molecule has 0 heterocycles. The van der Waals surface area contributed by atoms with E-state index in [2.05, 4.69) is 31.1 Å². The van der Waals surface area contributed by atoms with Gasteiger partial charge >= 0.3 is 124 Å². The Morgan fingerprint density at radius 2 is 1.75 bits per heavy atom. The predicted octanol–water partition coefficient (Wildman–Crippen LogP) is 1.31. The monoisotopic (exact) mass is 336 g/mol. The zero-order valence-electron chi connectivity index (χ0n) is 11.4. The van der Waals surface area contributed by atoms with Gasteiger partial charge in [0.2, 0.25) is 0 Å². The van der Waals surface area contributed by atoms with Crippen molar-refractivity contribution in [2.75, 3.05) is 14.1 Å². The molecule has 2 aromatic carbocycles. The third-order valence-corrected chi connectivity index (χ3v) is 5.10. The summed E-state index contributed by atoms with van der Waals surface area (Å²) in [5, 5.41) is 10.7. The summed E-state index contributed by atoms with van der Waals surface area (Å²) in [5.74, 6) is 0. The molecule has 0 spiro atoms. The molecule has 0 aromatic heterocycles. The van der Waals surface area contributed by atoms with Gasteiger partial charge in [0, 0.05) is 0 Å². The molecule has 0 fully saturated rings. The maximum atomic E-state index is 10.7. The Balaban J connectivity index is 2.19. The number of rotatable bonds is 5. The van der Waals surface area contributed by atoms with E-state index in [1.54, 1.807) is 12.1 Å². The minimum absolute atomic E-state index is 0.145. The molecule has 0 saturated carbocycles. The molecule has 0 N–H and O–H groups in total. The zero-order valence-corrected chi connectivity index (χ0v) is 13.2. The molecule has 5 heteroatoms. The Morgan fingerprint density at radius 3 is 2.35 bits per heavy atom. The van der Waals surface area contributed by atoms with Crippen molar-refractivity contribution in [1.82, 2.24) is 4.90 Å². The molecule has 0 atom stereocenters. The number of hydrogen-bond acceptors (Lipinski definition) is 3. The van der Waals surface area contributed by atoms with Crippen LogP contribution in [0.2, 0.25) is 0 Å². The Kier molecular flexibility index (Phi) is 4.90. The van der Waals surface area contributed by atoms with Gasteiger partial charge in [-0.15, -0.1) is 0 Å². The molecular formula is C15H16N2O2Se. The van der Waals surface area contributed by atoms with Crippen LogP contribution in [0.5, 0.6) is 0 Å². The van der Waals surface area contributed by atoms with Crippen LogP contribution in [0.3, 0.4) is 0 Å². The molecular weight excluding hydrogens is 319 g/mol. The van der Waals surface area contributed by atoms with Crippen LogP contribution < -0.4 is 8.92 Å².